The van der Waals surface area contributed by atoms with Crippen LogP contribution in [0.5, 0.6) is 0 Å². The zero-order chi connectivity index (χ0) is 18.8. The van der Waals surface area contributed by atoms with Gasteiger partial charge in [-0.15, -0.1) is 0 Å². The number of ether oxygens (including phenoxy) is 2. The molecule has 1 aromatic heterocycles. The monoisotopic (exact) mass is 376 g/mol. The summed E-state index contributed by atoms with van der Waals surface area (Å²) in [6, 6.07) is 6.97. The average Bonchev–Trinajstić information content (AvgIpc) is 3.01. The van der Waals surface area contributed by atoms with Gasteiger partial charge in [-0.25, -0.2) is 0 Å². The van der Waals surface area contributed by atoms with Gasteiger partial charge < -0.3 is 14.0 Å². The second-order valence-corrected chi connectivity index (χ2v) is 6.96. The Balaban J connectivity index is 2.10. The van der Waals surface area contributed by atoms with Crippen LogP contribution in [0, 0.1) is 5.92 Å². The minimum atomic E-state index is -0.715. The summed E-state index contributed by atoms with van der Waals surface area (Å²) in [5.41, 5.74) is 9.93. The van der Waals surface area contributed by atoms with E-state index in [0.29, 0.717) is 5.02 Å². The largest absolute Gasteiger partial charge is 0.457 e. The lowest BCUT2D eigenvalue weighted by molar-refractivity contribution is -0.203. The molecule has 0 N–H and O–H groups in total. The van der Waals surface area contributed by atoms with E-state index in [9.17, 15) is 4.79 Å². The van der Waals surface area contributed by atoms with Gasteiger partial charge in [0, 0.05) is 28.4 Å². The molecule has 2 heterocycles. The Hall–Kier alpha value is -2.21. The fraction of sp³-hybridized carbons (Fsp3) is 0.500. The first kappa shape index (κ1) is 18.6. The predicted molar refractivity (Wildman–Crippen MR) is 98.8 cm³/mol. The minimum Gasteiger partial charge on any atom is -0.457 e. The van der Waals surface area contributed by atoms with Gasteiger partial charge in [0.2, 0.25) is 0 Å². The van der Waals surface area contributed by atoms with Crippen LogP contribution in [0.2, 0.25) is 5.02 Å². The molecule has 0 aliphatic carbocycles. The Morgan fingerprint density at radius 3 is 2.88 bits per heavy atom. The highest BCUT2D eigenvalue weighted by Gasteiger charge is 2.45. The summed E-state index contributed by atoms with van der Waals surface area (Å²) in [4.78, 5) is 14.7. The molecule has 26 heavy (non-hydrogen) atoms. The Labute approximate surface area is 156 Å². The summed E-state index contributed by atoms with van der Waals surface area (Å²) in [6.45, 7) is 5.31. The molecule has 0 radical (unpaired) electrons. The van der Waals surface area contributed by atoms with Crippen LogP contribution in [-0.2, 0) is 14.3 Å². The third-order valence-corrected chi connectivity index (χ3v) is 5.14. The summed E-state index contributed by atoms with van der Waals surface area (Å²) in [5, 5.41) is 5.54. The van der Waals surface area contributed by atoms with Crippen LogP contribution in [0.3, 0.4) is 0 Å². The number of rotatable bonds is 4. The molecule has 0 spiro atoms. The summed E-state index contributed by atoms with van der Waals surface area (Å²) in [6.07, 6.45) is 1.21. The lowest BCUT2D eigenvalue weighted by Crippen LogP contribution is -2.51. The molecule has 138 valence electrons. The van der Waals surface area contributed by atoms with E-state index in [4.69, 9.17) is 26.6 Å². The molecule has 1 aliphatic heterocycles. The maximum Gasteiger partial charge on any atom is 0.303 e. The molecule has 8 heteroatoms. The smallest absolute Gasteiger partial charge is 0.303 e. The SMILES string of the molecule is CC[C@H]1O[C@@H](n2ccc3cc(Cl)ccc32)[C@H](OC(C)=O)[C@@H](N=[N+]=[N-])[C@H]1C. The summed E-state index contributed by atoms with van der Waals surface area (Å²) < 4.78 is 13.8. The molecule has 3 rings (SSSR count). The summed E-state index contributed by atoms with van der Waals surface area (Å²) in [7, 11) is 0. The van der Waals surface area contributed by atoms with Crippen molar-refractivity contribution in [3.05, 3.63) is 45.9 Å². The van der Waals surface area contributed by atoms with Crippen LogP contribution in [0.1, 0.15) is 33.4 Å². The number of fused-ring (bicyclic) bond motifs is 1. The topological polar surface area (TPSA) is 89.2 Å². The van der Waals surface area contributed by atoms with Crippen molar-refractivity contribution in [2.75, 3.05) is 0 Å². The molecule has 1 aliphatic rings. The molecule has 0 saturated carbocycles. The standard InChI is InChI=1S/C18H21ClN4O3/c1-4-15-10(2)16(21-22-20)17(25-11(3)24)18(26-15)23-8-7-12-9-13(19)5-6-14(12)23/h5-10,15-18H,4H2,1-3H3/t10-,15+,16-,17+,18+/m0/s1. The van der Waals surface area contributed by atoms with E-state index in [2.05, 4.69) is 10.0 Å². The molecule has 0 unspecified atom stereocenters. The maximum absolute atomic E-state index is 11.7. The highest BCUT2D eigenvalue weighted by Crippen LogP contribution is 2.38. The Morgan fingerprint density at radius 1 is 1.46 bits per heavy atom. The van der Waals surface area contributed by atoms with Gasteiger partial charge in [0.15, 0.2) is 12.3 Å². The fourth-order valence-corrected chi connectivity index (χ4v) is 3.85. The molecule has 1 fully saturated rings. The molecular formula is C18H21ClN4O3. The Bertz CT molecular complexity index is 861. The summed E-state index contributed by atoms with van der Waals surface area (Å²) in [5.74, 6) is -0.517. The van der Waals surface area contributed by atoms with Crippen molar-refractivity contribution in [1.82, 2.24) is 4.57 Å². The van der Waals surface area contributed by atoms with E-state index in [1.165, 1.54) is 6.92 Å². The van der Waals surface area contributed by atoms with Crippen LogP contribution in [0.25, 0.3) is 21.3 Å². The Kier molecular flexibility index (Phi) is 5.41. The number of azide groups is 1. The van der Waals surface area contributed by atoms with Crippen molar-refractivity contribution in [1.29, 1.82) is 0 Å². The van der Waals surface area contributed by atoms with Gasteiger partial charge in [0.25, 0.3) is 0 Å². The van der Waals surface area contributed by atoms with Crippen molar-refractivity contribution in [3.63, 3.8) is 0 Å². The van der Waals surface area contributed by atoms with E-state index < -0.39 is 24.3 Å². The van der Waals surface area contributed by atoms with Gasteiger partial charge in [0.1, 0.15) is 0 Å². The van der Waals surface area contributed by atoms with Crippen LogP contribution < -0.4 is 0 Å². The normalized spacial score (nSPS) is 28.5. The molecular weight excluding hydrogens is 356 g/mol. The van der Waals surface area contributed by atoms with Crippen molar-refractivity contribution in [2.45, 2.75) is 51.7 Å². The van der Waals surface area contributed by atoms with Gasteiger partial charge >= 0.3 is 5.97 Å². The van der Waals surface area contributed by atoms with Crippen LogP contribution in [-0.4, -0.2) is 28.8 Å². The number of hydrogen-bond acceptors (Lipinski definition) is 4. The number of hydrogen-bond donors (Lipinski definition) is 0. The Morgan fingerprint density at radius 2 is 2.23 bits per heavy atom. The van der Waals surface area contributed by atoms with Gasteiger partial charge in [-0.05, 0) is 42.1 Å². The van der Waals surface area contributed by atoms with Crippen molar-refractivity contribution < 1.29 is 14.3 Å². The number of aromatic nitrogens is 1. The molecule has 0 bridgehead atoms. The van der Waals surface area contributed by atoms with Gasteiger partial charge in [-0.2, -0.15) is 0 Å². The minimum absolute atomic E-state index is 0.0761. The molecule has 5 atom stereocenters. The number of nitrogens with zero attached hydrogens (tertiary/aromatic N) is 4. The van der Waals surface area contributed by atoms with Crippen molar-refractivity contribution in [3.8, 4) is 0 Å². The first-order valence-corrected chi connectivity index (χ1v) is 8.97. The predicted octanol–water partition coefficient (Wildman–Crippen LogP) is 4.85. The first-order valence-electron chi connectivity index (χ1n) is 8.59. The molecule has 2 aromatic rings. The molecule has 1 aromatic carbocycles. The number of benzene rings is 1. The lowest BCUT2D eigenvalue weighted by Gasteiger charge is -2.44. The van der Waals surface area contributed by atoms with Gasteiger partial charge in [-0.3, -0.25) is 4.79 Å². The van der Waals surface area contributed by atoms with Crippen LogP contribution in [0.15, 0.2) is 35.6 Å². The van der Waals surface area contributed by atoms with Gasteiger partial charge in [0.05, 0.1) is 17.7 Å². The van der Waals surface area contributed by atoms with Gasteiger partial charge in [-0.1, -0.05) is 30.6 Å². The zero-order valence-corrected chi connectivity index (χ0v) is 15.6. The van der Waals surface area contributed by atoms with E-state index in [1.54, 1.807) is 6.07 Å². The number of carbonyl (C=O) groups is 1. The highest BCUT2D eigenvalue weighted by atomic mass is 35.5. The van der Waals surface area contributed by atoms with E-state index >= 15 is 0 Å². The molecule has 1 saturated heterocycles. The second-order valence-electron chi connectivity index (χ2n) is 6.53. The third-order valence-electron chi connectivity index (χ3n) is 4.90. The van der Waals surface area contributed by atoms with Crippen LogP contribution >= 0.6 is 11.6 Å². The number of carbonyl (C=O) groups excluding carboxylic acids is 1. The van der Waals surface area contributed by atoms with E-state index in [1.807, 2.05) is 42.8 Å². The van der Waals surface area contributed by atoms with Crippen molar-refractivity contribution in [2.24, 2.45) is 11.0 Å². The summed E-state index contributed by atoms with van der Waals surface area (Å²) >= 11 is 6.08. The molecule has 0 amide bonds. The fourth-order valence-electron chi connectivity index (χ4n) is 3.67. The lowest BCUT2D eigenvalue weighted by atomic mass is 9.87. The second kappa shape index (κ2) is 7.58. The van der Waals surface area contributed by atoms with Crippen molar-refractivity contribution >= 4 is 28.5 Å². The number of esters is 1. The zero-order valence-electron chi connectivity index (χ0n) is 14.9. The first-order chi connectivity index (χ1) is 12.5. The van der Waals surface area contributed by atoms with E-state index in [0.717, 1.165) is 17.3 Å². The van der Waals surface area contributed by atoms with E-state index in [-0.39, 0.29) is 12.0 Å². The third kappa shape index (κ3) is 3.38. The number of halogens is 1. The maximum atomic E-state index is 11.7. The average molecular weight is 377 g/mol. The molecule has 7 nitrogen and oxygen atoms in total. The van der Waals surface area contributed by atoms with Crippen LogP contribution in [0.4, 0.5) is 0 Å². The quantitative estimate of drug-likeness (QED) is 0.330. The highest BCUT2D eigenvalue weighted by molar-refractivity contribution is 6.31.